The Balaban J connectivity index is 1.69. The van der Waals surface area contributed by atoms with Gasteiger partial charge in [-0.3, -0.25) is 0 Å². The SMILES string of the molecule is C#CC1CC(O)CC2CC[C@@H]3[C@H](CC[C@]4(C)/C(=N/O)CC[C@@H]34)[C@@]12C. The highest BCUT2D eigenvalue weighted by atomic mass is 16.4. The van der Waals surface area contributed by atoms with Gasteiger partial charge >= 0.3 is 0 Å². The molecule has 2 N–H and O–H groups in total. The average molecular weight is 329 g/mol. The van der Waals surface area contributed by atoms with Gasteiger partial charge in [0.1, 0.15) is 0 Å². The first-order valence-corrected chi connectivity index (χ1v) is 9.80. The summed E-state index contributed by atoms with van der Waals surface area (Å²) in [6.45, 7) is 4.76. The smallest absolute Gasteiger partial charge is 0.0632 e. The van der Waals surface area contributed by atoms with Crippen LogP contribution in [0, 0.1) is 52.8 Å². The van der Waals surface area contributed by atoms with E-state index in [1.54, 1.807) is 0 Å². The van der Waals surface area contributed by atoms with Crippen LogP contribution in [0.5, 0.6) is 0 Å². The predicted molar refractivity (Wildman–Crippen MR) is 94.7 cm³/mol. The molecule has 0 aromatic heterocycles. The third-order valence-electron chi connectivity index (χ3n) is 8.84. The summed E-state index contributed by atoms with van der Waals surface area (Å²) in [5.74, 6) is 5.86. The highest BCUT2D eigenvalue weighted by Crippen LogP contribution is 2.66. The van der Waals surface area contributed by atoms with Crippen molar-refractivity contribution in [3.05, 3.63) is 0 Å². The van der Waals surface area contributed by atoms with E-state index in [-0.39, 0.29) is 22.9 Å². The molecule has 0 radical (unpaired) electrons. The van der Waals surface area contributed by atoms with Crippen molar-refractivity contribution in [3.8, 4) is 12.3 Å². The quantitative estimate of drug-likeness (QED) is 0.400. The van der Waals surface area contributed by atoms with Crippen LogP contribution in [0.15, 0.2) is 5.16 Å². The molecule has 24 heavy (non-hydrogen) atoms. The fraction of sp³-hybridized carbons (Fsp3) is 0.857. The molecule has 0 aliphatic heterocycles. The second-order valence-electron chi connectivity index (χ2n) is 9.40. The minimum absolute atomic E-state index is 0.0962. The summed E-state index contributed by atoms with van der Waals surface area (Å²) < 4.78 is 0. The summed E-state index contributed by atoms with van der Waals surface area (Å²) in [6.07, 6.45) is 14.3. The summed E-state index contributed by atoms with van der Waals surface area (Å²) in [6, 6.07) is 0. The molecule has 0 saturated heterocycles. The van der Waals surface area contributed by atoms with Gasteiger partial charge in [-0.05, 0) is 80.5 Å². The fourth-order valence-corrected chi connectivity index (χ4v) is 7.54. The minimum atomic E-state index is -0.214. The summed E-state index contributed by atoms with van der Waals surface area (Å²) >= 11 is 0. The topological polar surface area (TPSA) is 52.8 Å². The van der Waals surface area contributed by atoms with Gasteiger partial charge in [0.05, 0.1) is 11.8 Å². The van der Waals surface area contributed by atoms with Gasteiger partial charge in [-0.1, -0.05) is 19.0 Å². The zero-order valence-corrected chi connectivity index (χ0v) is 15.0. The zero-order valence-electron chi connectivity index (χ0n) is 15.0. The van der Waals surface area contributed by atoms with E-state index in [2.05, 4.69) is 24.9 Å². The number of nitrogens with zero attached hydrogens (tertiary/aromatic N) is 1. The molecule has 0 heterocycles. The molecule has 8 atom stereocenters. The number of oxime groups is 1. The summed E-state index contributed by atoms with van der Waals surface area (Å²) in [5, 5.41) is 23.4. The van der Waals surface area contributed by atoms with E-state index in [0.717, 1.165) is 31.4 Å². The molecule has 4 rings (SSSR count). The van der Waals surface area contributed by atoms with Crippen molar-refractivity contribution < 1.29 is 10.3 Å². The Bertz CT molecular complexity index is 593. The predicted octanol–water partition coefficient (Wildman–Crippen LogP) is 4.08. The lowest BCUT2D eigenvalue weighted by Gasteiger charge is -2.61. The Labute approximate surface area is 145 Å². The largest absolute Gasteiger partial charge is 0.411 e. The Morgan fingerprint density at radius 3 is 2.62 bits per heavy atom. The second kappa shape index (κ2) is 5.49. The van der Waals surface area contributed by atoms with Crippen LogP contribution in [0.4, 0.5) is 0 Å². The first-order valence-electron chi connectivity index (χ1n) is 9.80. The highest BCUT2D eigenvalue weighted by molar-refractivity contribution is 5.91. The van der Waals surface area contributed by atoms with Gasteiger partial charge in [0.15, 0.2) is 0 Å². The lowest BCUT2D eigenvalue weighted by molar-refractivity contribution is -0.133. The van der Waals surface area contributed by atoms with Gasteiger partial charge < -0.3 is 10.3 Å². The van der Waals surface area contributed by atoms with Crippen LogP contribution in [0.25, 0.3) is 0 Å². The normalized spacial score (nSPS) is 55.3. The van der Waals surface area contributed by atoms with Gasteiger partial charge in [0.2, 0.25) is 0 Å². The molecular formula is C21H31NO2. The first kappa shape index (κ1) is 16.5. The van der Waals surface area contributed by atoms with Gasteiger partial charge in [-0.2, -0.15) is 0 Å². The molecule has 0 amide bonds. The van der Waals surface area contributed by atoms with E-state index >= 15 is 0 Å². The van der Waals surface area contributed by atoms with Crippen LogP contribution < -0.4 is 0 Å². The van der Waals surface area contributed by atoms with Crippen LogP contribution in [-0.2, 0) is 0 Å². The maximum absolute atomic E-state index is 10.3. The number of hydrogen-bond donors (Lipinski definition) is 2. The van der Waals surface area contributed by atoms with Crippen molar-refractivity contribution in [3.63, 3.8) is 0 Å². The summed E-state index contributed by atoms with van der Waals surface area (Å²) in [4.78, 5) is 0. The third-order valence-corrected chi connectivity index (χ3v) is 8.84. The Hall–Kier alpha value is -1.01. The van der Waals surface area contributed by atoms with Gasteiger partial charge in [-0.25, -0.2) is 0 Å². The Morgan fingerprint density at radius 2 is 1.92 bits per heavy atom. The molecule has 0 spiro atoms. The van der Waals surface area contributed by atoms with Gasteiger partial charge in [0, 0.05) is 11.3 Å². The Morgan fingerprint density at radius 1 is 1.12 bits per heavy atom. The molecule has 4 saturated carbocycles. The number of terminal acetylenes is 1. The second-order valence-corrected chi connectivity index (χ2v) is 9.40. The third kappa shape index (κ3) is 1.99. The number of hydrogen-bond acceptors (Lipinski definition) is 3. The van der Waals surface area contributed by atoms with Crippen molar-refractivity contribution >= 4 is 5.71 Å². The van der Waals surface area contributed by atoms with E-state index in [1.165, 1.54) is 25.7 Å². The van der Waals surface area contributed by atoms with E-state index in [0.29, 0.717) is 23.7 Å². The van der Waals surface area contributed by atoms with Gasteiger partial charge in [0.25, 0.3) is 0 Å². The van der Waals surface area contributed by atoms with Crippen LogP contribution in [0.1, 0.15) is 65.2 Å². The molecule has 4 aliphatic rings. The monoisotopic (exact) mass is 329 g/mol. The maximum Gasteiger partial charge on any atom is 0.0632 e. The molecule has 3 nitrogen and oxygen atoms in total. The summed E-state index contributed by atoms with van der Waals surface area (Å²) in [5.41, 5.74) is 1.31. The molecule has 3 unspecified atom stereocenters. The molecule has 4 fully saturated rings. The van der Waals surface area contributed by atoms with Crippen molar-refractivity contribution in [2.75, 3.05) is 0 Å². The molecular weight excluding hydrogens is 298 g/mol. The number of rotatable bonds is 0. The van der Waals surface area contributed by atoms with E-state index < -0.39 is 0 Å². The zero-order chi connectivity index (χ0) is 17.1. The molecule has 0 aromatic rings. The summed E-state index contributed by atoms with van der Waals surface area (Å²) in [7, 11) is 0. The van der Waals surface area contributed by atoms with E-state index in [1.807, 2.05) is 0 Å². The van der Waals surface area contributed by atoms with E-state index in [9.17, 15) is 10.3 Å². The van der Waals surface area contributed by atoms with Gasteiger partial charge in [-0.15, -0.1) is 12.3 Å². The Kier molecular flexibility index (Phi) is 3.77. The number of aliphatic hydroxyl groups is 1. The first-order chi connectivity index (χ1) is 11.4. The van der Waals surface area contributed by atoms with Crippen LogP contribution in [-0.4, -0.2) is 22.1 Å². The molecule has 132 valence electrons. The van der Waals surface area contributed by atoms with E-state index in [4.69, 9.17) is 6.42 Å². The highest BCUT2D eigenvalue weighted by Gasteiger charge is 2.61. The van der Waals surface area contributed by atoms with Crippen molar-refractivity contribution in [1.29, 1.82) is 0 Å². The number of fused-ring (bicyclic) bond motifs is 5. The number of aliphatic hydroxyl groups excluding tert-OH is 1. The maximum atomic E-state index is 10.3. The van der Waals surface area contributed by atoms with Crippen molar-refractivity contribution in [2.24, 2.45) is 45.6 Å². The lowest BCUT2D eigenvalue weighted by Crippen LogP contribution is -2.57. The van der Waals surface area contributed by atoms with Crippen LogP contribution in [0.3, 0.4) is 0 Å². The lowest BCUT2D eigenvalue weighted by atomic mass is 9.43. The van der Waals surface area contributed by atoms with Crippen LogP contribution in [0.2, 0.25) is 0 Å². The standard InChI is InChI=1S/C21H31NO2/c1-4-13-11-15(23)12-14-5-6-16-17-7-8-19(22-24)20(17,2)10-9-18(16)21(13,14)3/h1,13-18,23-24H,5-12H2,2-3H3/b22-19+/t13?,14?,15?,16-,17-,18-,20-,21-/m0/s1. The molecule has 0 aromatic carbocycles. The molecule has 4 aliphatic carbocycles. The molecule has 3 heteroatoms. The molecule has 0 bridgehead atoms. The van der Waals surface area contributed by atoms with Crippen molar-refractivity contribution in [2.45, 2.75) is 71.3 Å². The minimum Gasteiger partial charge on any atom is -0.411 e. The fourth-order valence-electron chi connectivity index (χ4n) is 7.54. The average Bonchev–Trinajstić information content (AvgIpc) is 2.91. The van der Waals surface area contributed by atoms with Crippen molar-refractivity contribution in [1.82, 2.24) is 0 Å². The van der Waals surface area contributed by atoms with Crippen LogP contribution >= 0.6 is 0 Å².